The van der Waals surface area contributed by atoms with Crippen LogP contribution in [0.3, 0.4) is 0 Å². The Morgan fingerprint density at radius 1 is 1.25 bits per heavy atom. The third-order valence-corrected chi connectivity index (χ3v) is 3.25. The highest BCUT2D eigenvalue weighted by atomic mass is 16.5. The minimum absolute atomic E-state index is 0.676. The van der Waals surface area contributed by atoms with Gasteiger partial charge in [-0.15, -0.1) is 0 Å². The van der Waals surface area contributed by atoms with Gasteiger partial charge in [0.2, 0.25) is 0 Å². The van der Waals surface area contributed by atoms with Gasteiger partial charge in [-0.2, -0.15) is 0 Å². The summed E-state index contributed by atoms with van der Waals surface area (Å²) in [4.78, 5) is 7.05. The van der Waals surface area contributed by atoms with Crippen molar-refractivity contribution in [3.05, 3.63) is 23.4 Å². The van der Waals surface area contributed by atoms with Crippen LogP contribution in [0.1, 0.15) is 11.3 Å². The lowest BCUT2D eigenvalue weighted by molar-refractivity contribution is 0.107. The lowest BCUT2D eigenvalue weighted by Crippen LogP contribution is -2.44. The van der Waals surface area contributed by atoms with E-state index >= 15 is 0 Å². The maximum Gasteiger partial charge on any atom is 0.129 e. The highest BCUT2D eigenvalue weighted by Crippen LogP contribution is 2.19. The molecule has 4 nitrogen and oxygen atoms in total. The predicted molar refractivity (Wildman–Crippen MR) is 62.7 cm³/mol. The minimum atomic E-state index is 0.676. The highest BCUT2D eigenvalue weighted by Gasteiger charge is 2.15. The third-order valence-electron chi connectivity index (χ3n) is 3.25. The molecule has 0 amide bonds. The van der Waals surface area contributed by atoms with Crippen LogP contribution in [-0.2, 0) is 17.8 Å². The number of nitrogens with one attached hydrogen (secondary N) is 1. The molecule has 0 aromatic carbocycles. The van der Waals surface area contributed by atoms with Crippen LogP contribution < -0.4 is 10.2 Å². The van der Waals surface area contributed by atoms with Crippen molar-refractivity contribution in [2.45, 2.75) is 13.0 Å². The molecule has 1 fully saturated rings. The Bertz CT molecular complexity index is 375. The number of ether oxygens (including phenoxy) is 1. The summed E-state index contributed by atoms with van der Waals surface area (Å²) in [6.07, 6.45) is 1.00. The number of fused-ring (bicyclic) bond motifs is 1. The van der Waals surface area contributed by atoms with Gasteiger partial charge in [0.1, 0.15) is 5.82 Å². The van der Waals surface area contributed by atoms with E-state index in [-0.39, 0.29) is 0 Å². The fourth-order valence-electron chi connectivity index (χ4n) is 2.29. The van der Waals surface area contributed by atoms with Gasteiger partial charge >= 0.3 is 0 Å². The Labute approximate surface area is 95.6 Å². The zero-order valence-corrected chi connectivity index (χ0v) is 9.41. The number of piperazine rings is 1. The standard InChI is InChI=1S/C12H17N3O/c1-2-12(15-6-4-13-5-7-15)14-11-9-16-8-3-10(1)11/h1-2,13H,3-9H2. The summed E-state index contributed by atoms with van der Waals surface area (Å²) >= 11 is 0. The van der Waals surface area contributed by atoms with Crippen molar-refractivity contribution in [2.24, 2.45) is 0 Å². The van der Waals surface area contributed by atoms with E-state index in [9.17, 15) is 0 Å². The van der Waals surface area contributed by atoms with Crippen molar-refractivity contribution in [3.8, 4) is 0 Å². The molecule has 0 aliphatic carbocycles. The summed E-state index contributed by atoms with van der Waals surface area (Å²) in [5, 5.41) is 3.35. The first-order chi connectivity index (χ1) is 7.93. The second kappa shape index (κ2) is 4.39. The molecule has 16 heavy (non-hydrogen) atoms. The number of nitrogens with zero attached hydrogens (tertiary/aromatic N) is 2. The molecule has 1 N–H and O–H groups in total. The fraction of sp³-hybridized carbons (Fsp3) is 0.583. The molecule has 0 spiro atoms. The molecule has 1 aromatic rings. The Morgan fingerprint density at radius 3 is 3.00 bits per heavy atom. The number of anilines is 1. The second-order valence-corrected chi connectivity index (χ2v) is 4.31. The Hall–Kier alpha value is -1.13. The molecule has 0 saturated carbocycles. The summed E-state index contributed by atoms with van der Waals surface area (Å²) in [6, 6.07) is 4.36. The van der Waals surface area contributed by atoms with Crippen LogP contribution >= 0.6 is 0 Å². The summed E-state index contributed by atoms with van der Waals surface area (Å²) in [5.74, 6) is 1.10. The molecular weight excluding hydrogens is 202 g/mol. The molecule has 0 bridgehead atoms. The summed E-state index contributed by atoms with van der Waals surface area (Å²) in [6.45, 7) is 5.71. The molecule has 0 unspecified atom stereocenters. The van der Waals surface area contributed by atoms with Gasteiger partial charge < -0.3 is 15.0 Å². The Kier molecular flexibility index (Phi) is 2.76. The van der Waals surface area contributed by atoms with Crippen LogP contribution in [0.25, 0.3) is 0 Å². The van der Waals surface area contributed by atoms with Crippen LogP contribution in [0.2, 0.25) is 0 Å². The number of aromatic nitrogens is 1. The molecule has 0 atom stereocenters. The number of hydrogen-bond donors (Lipinski definition) is 1. The van der Waals surface area contributed by atoms with E-state index in [1.54, 1.807) is 0 Å². The zero-order valence-electron chi connectivity index (χ0n) is 9.41. The van der Waals surface area contributed by atoms with Gasteiger partial charge in [-0.1, -0.05) is 6.07 Å². The first kappa shape index (κ1) is 10.1. The van der Waals surface area contributed by atoms with E-state index in [1.807, 2.05) is 0 Å². The molecule has 1 aromatic heterocycles. The van der Waals surface area contributed by atoms with E-state index in [1.165, 1.54) is 5.56 Å². The van der Waals surface area contributed by atoms with Gasteiger partial charge in [-0.3, -0.25) is 0 Å². The fourth-order valence-corrected chi connectivity index (χ4v) is 2.29. The topological polar surface area (TPSA) is 37.4 Å². The number of rotatable bonds is 1. The first-order valence-corrected chi connectivity index (χ1v) is 5.96. The SMILES string of the molecule is c1cc2c(nc1N1CCNCC1)COCC2. The Morgan fingerprint density at radius 2 is 2.12 bits per heavy atom. The average Bonchev–Trinajstić information content (AvgIpc) is 2.39. The van der Waals surface area contributed by atoms with Gasteiger partial charge in [-0.05, 0) is 18.1 Å². The van der Waals surface area contributed by atoms with Gasteiger partial charge in [0.25, 0.3) is 0 Å². The lowest BCUT2D eigenvalue weighted by Gasteiger charge is -2.29. The molecule has 3 rings (SSSR count). The van der Waals surface area contributed by atoms with Crippen molar-refractivity contribution < 1.29 is 4.74 Å². The van der Waals surface area contributed by atoms with Gasteiger partial charge in [0, 0.05) is 26.2 Å². The molecule has 2 aliphatic rings. The smallest absolute Gasteiger partial charge is 0.129 e. The predicted octanol–water partition coefficient (Wildman–Crippen LogP) is 0.564. The van der Waals surface area contributed by atoms with Crippen molar-refractivity contribution in [2.75, 3.05) is 37.7 Å². The Balaban J connectivity index is 1.84. The molecule has 4 heteroatoms. The first-order valence-electron chi connectivity index (χ1n) is 5.96. The quantitative estimate of drug-likeness (QED) is 0.749. The van der Waals surface area contributed by atoms with Crippen LogP contribution in [-0.4, -0.2) is 37.8 Å². The molecule has 2 aliphatic heterocycles. The van der Waals surface area contributed by atoms with Crippen molar-refractivity contribution in [3.63, 3.8) is 0 Å². The van der Waals surface area contributed by atoms with Crippen LogP contribution in [0.4, 0.5) is 5.82 Å². The zero-order chi connectivity index (χ0) is 10.8. The molecule has 86 valence electrons. The maximum absolute atomic E-state index is 5.44. The van der Waals surface area contributed by atoms with Crippen molar-refractivity contribution >= 4 is 5.82 Å². The van der Waals surface area contributed by atoms with Crippen LogP contribution in [0.5, 0.6) is 0 Å². The largest absolute Gasteiger partial charge is 0.375 e. The van der Waals surface area contributed by atoms with E-state index in [4.69, 9.17) is 9.72 Å². The number of pyridine rings is 1. The van der Waals surface area contributed by atoms with Crippen molar-refractivity contribution in [1.29, 1.82) is 0 Å². The highest BCUT2D eigenvalue weighted by molar-refractivity contribution is 5.42. The molecular formula is C12H17N3O. The summed E-state index contributed by atoms with van der Waals surface area (Å²) in [7, 11) is 0. The molecule has 1 saturated heterocycles. The van der Waals surface area contributed by atoms with Gasteiger partial charge in [0.15, 0.2) is 0 Å². The number of hydrogen-bond acceptors (Lipinski definition) is 4. The second-order valence-electron chi connectivity index (χ2n) is 4.31. The monoisotopic (exact) mass is 219 g/mol. The minimum Gasteiger partial charge on any atom is -0.375 e. The van der Waals surface area contributed by atoms with Crippen molar-refractivity contribution in [1.82, 2.24) is 10.3 Å². The summed E-state index contributed by atoms with van der Waals surface area (Å²) < 4.78 is 5.44. The molecule has 3 heterocycles. The van der Waals surface area contributed by atoms with E-state index in [2.05, 4.69) is 22.3 Å². The van der Waals surface area contributed by atoms with Gasteiger partial charge in [0.05, 0.1) is 18.9 Å². The molecule has 0 radical (unpaired) electrons. The maximum atomic E-state index is 5.44. The van der Waals surface area contributed by atoms with E-state index in [0.717, 1.165) is 50.7 Å². The van der Waals surface area contributed by atoms with E-state index < -0.39 is 0 Å². The third kappa shape index (κ3) is 1.90. The van der Waals surface area contributed by atoms with Gasteiger partial charge in [-0.25, -0.2) is 4.98 Å². The average molecular weight is 219 g/mol. The normalized spacial score (nSPS) is 20.6. The van der Waals surface area contributed by atoms with Crippen LogP contribution in [0.15, 0.2) is 12.1 Å². The summed E-state index contributed by atoms with van der Waals surface area (Å²) in [5.41, 5.74) is 2.48. The lowest BCUT2D eigenvalue weighted by atomic mass is 10.1. The van der Waals surface area contributed by atoms with E-state index in [0.29, 0.717) is 6.61 Å². The van der Waals surface area contributed by atoms with Crippen LogP contribution in [0, 0.1) is 0 Å².